The summed E-state index contributed by atoms with van der Waals surface area (Å²) in [5, 5.41) is 2.96. The number of nitrogens with one attached hydrogen (secondary N) is 1. The fraction of sp³-hybridized carbons (Fsp3) is 0.455. The number of benzene rings is 1. The SMILES string of the molecule is COCC(C)Nc1ccc(OC(F)F)c(F)c1. The van der Waals surface area contributed by atoms with Crippen molar-refractivity contribution in [2.24, 2.45) is 0 Å². The molecule has 0 radical (unpaired) electrons. The van der Waals surface area contributed by atoms with E-state index in [2.05, 4.69) is 10.1 Å². The van der Waals surface area contributed by atoms with Crippen LogP contribution in [0.15, 0.2) is 18.2 Å². The minimum atomic E-state index is -3.03. The summed E-state index contributed by atoms with van der Waals surface area (Å²) in [6, 6.07) is 3.71. The summed E-state index contributed by atoms with van der Waals surface area (Å²) in [4.78, 5) is 0. The van der Waals surface area contributed by atoms with E-state index in [4.69, 9.17) is 4.74 Å². The Morgan fingerprint density at radius 1 is 1.35 bits per heavy atom. The highest BCUT2D eigenvalue weighted by Gasteiger charge is 2.11. The second-order valence-electron chi connectivity index (χ2n) is 3.52. The first-order valence-corrected chi connectivity index (χ1v) is 5.02. The molecule has 96 valence electrons. The maximum atomic E-state index is 13.3. The third kappa shape index (κ3) is 4.52. The summed E-state index contributed by atoms with van der Waals surface area (Å²) in [6.45, 7) is -0.724. The number of hydrogen-bond donors (Lipinski definition) is 1. The molecule has 1 unspecified atom stereocenters. The van der Waals surface area contributed by atoms with Gasteiger partial charge in [0, 0.05) is 24.9 Å². The third-order valence-electron chi connectivity index (χ3n) is 1.98. The molecule has 1 N–H and O–H groups in total. The molecule has 0 aliphatic rings. The van der Waals surface area contributed by atoms with Gasteiger partial charge in [0.1, 0.15) is 0 Å². The molecule has 0 spiro atoms. The van der Waals surface area contributed by atoms with Crippen molar-refractivity contribution in [2.45, 2.75) is 19.6 Å². The van der Waals surface area contributed by atoms with Crippen molar-refractivity contribution in [3.63, 3.8) is 0 Å². The number of halogens is 3. The number of alkyl halides is 2. The average Bonchev–Trinajstić information content (AvgIpc) is 2.22. The summed E-state index contributed by atoms with van der Waals surface area (Å²) >= 11 is 0. The van der Waals surface area contributed by atoms with Crippen LogP contribution in [-0.4, -0.2) is 26.4 Å². The van der Waals surface area contributed by atoms with E-state index in [0.717, 1.165) is 12.1 Å². The second kappa shape index (κ2) is 6.34. The van der Waals surface area contributed by atoms with Crippen molar-refractivity contribution < 1.29 is 22.6 Å². The first-order valence-electron chi connectivity index (χ1n) is 5.02. The van der Waals surface area contributed by atoms with Crippen molar-refractivity contribution in [3.05, 3.63) is 24.0 Å². The minimum absolute atomic E-state index is 0.0127. The monoisotopic (exact) mass is 249 g/mol. The van der Waals surface area contributed by atoms with Gasteiger partial charge in [0.25, 0.3) is 0 Å². The van der Waals surface area contributed by atoms with Crippen molar-refractivity contribution >= 4 is 5.69 Å². The summed E-state index contributed by atoms with van der Waals surface area (Å²) in [5.41, 5.74) is 0.480. The molecule has 0 aliphatic heterocycles. The van der Waals surface area contributed by atoms with Gasteiger partial charge in [0.2, 0.25) is 0 Å². The molecular weight excluding hydrogens is 235 g/mol. The van der Waals surface area contributed by atoms with Crippen LogP contribution in [-0.2, 0) is 4.74 Å². The number of anilines is 1. The molecule has 0 bridgehead atoms. The Labute approximate surface area is 97.5 Å². The van der Waals surface area contributed by atoms with Gasteiger partial charge in [-0.25, -0.2) is 4.39 Å². The van der Waals surface area contributed by atoms with Crippen LogP contribution >= 0.6 is 0 Å². The minimum Gasteiger partial charge on any atom is -0.432 e. The van der Waals surface area contributed by atoms with Gasteiger partial charge in [0.05, 0.1) is 6.61 Å². The lowest BCUT2D eigenvalue weighted by Crippen LogP contribution is -2.20. The predicted molar refractivity (Wildman–Crippen MR) is 58.0 cm³/mol. The zero-order valence-electron chi connectivity index (χ0n) is 9.54. The van der Waals surface area contributed by atoms with Crippen LogP contribution in [0.3, 0.4) is 0 Å². The molecule has 0 saturated carbocycles. The standard InChI is InChI=1S/C11H14F3NO2/c1-7(6-16-2)15-8-3-4-10(9(12)5-8)17-11(13)14/h3-5,7,11,15H,6H2,1-2H3. The maximum Gasteiger partial charge on any atom is 0.387 e. The fourth-order valence-corrected chi connectivity index (χ4v) is 1.36. The Kier molecular flexibility index (Phi) is 5.09. The first-order chi connectivity index (χ1) is 8.02. The number of methoxy groups -OCH3 is 1. The molecule has 0 amide bonds. The maximum absolute atomic E-state index is 13.3. The first kappa shape index (κ1) is 13.6. The summed E-state index contributed by atoms with van der Waals surface area (Å²) < 4.78 is 46.0. The fourth-order valence-electron chi connectivity index (χ4n) is 1.36. The summed E-state index contributed by atoms with van der Waals surface area (Å²) in [5.74, 6) is -1.30. The van der Waals surface area contributed by atoms with E-state index in [-0.39, 0.29) is 6.04 Å². The van der Waals surface area contributed by atoms with Gasteiger partial charge in [0.15, 0.2) is 11.6 Å². The highest BCUT2D eigenvalue weighted by Crippen LogP contribution is 2.23. The zero-order chi connectivity index (χ0) is 12.8. The molecule has 1 aromatic rings. The van der Waals surface area contributed by atoms with Crippen LogP contribution in [0.1, 0.15) is 6.92 Å². The van der Waals surface area contributed by atoms with Crippen molar-refractivity contribution in [3.8, 4) is 5.75 Å². The van der Waals surface area contributed by atoms with E-state index < -0.39 is 18.2 Å². The van der Waals surface area contributed by atoms with E-state index in [0.29, 0.717) is 12.3 Å². The van der Waals surface area contributed by atoms with Gasteiger partial charge >= 0.3 is 6.61 Å². The lowest BCUT2D eigenvalue weighted by atomic mass is 10.2. The van der Waals surface area contributed by atoms with Crippen LogP contribution in [0.4, 0.5) is 18.9 Å². The summed E-state index contributed by atoms with van der Waals surface area (Å²) in [6.07, 6.45) is 0. The molecule has 0 fully saturated rings. The Hall–Kier alpha value is -1.43. The van der Waals surface area contributed by atoms with Crippen LogP contribution < -0.4 is 10.1 Å². The molecule has 1 atom stereocenters. The third-order valence-corrected chi connectivity index (χ3v) is 1.98. The topological polar surface area (TPSA) is 30.5 Å². The van der Waals surface area contributed by atoms with E-state index in [1.165, 1.54) is 6.07 Å². The van der Waals surface area contributed by atoms with Crippen molar-refractivity contribution in [2.75, 3.05) is 19.0 Å². The molecule has 0 saturated heterocycles. The molecule has 3 nitrogen and oxygen atoms in total. The Morgan fingerprint density at radius 2 is 2.06 bits per heavy atom. The molecular formula is C11H14F3NO2. The van der Waals surface area contributed by atoms with Crippen molar-refractivity contribution in [1.29, 1.82) is 0 Å². The Morgan fingerprint density at radius 3 is 2.59 bits per heavy atom. The quantitative estimate of drug-likeness (QED) is 0.840. The van der Waals surface area contributed by atoms with E-state index in [1.807, 2.05) is 6.92 Å². The van der Waals surface area contributed by atoms with Crippen LogP contribution in [0.5, 0.6) is 5.75 Å². The molecule has 1 rings (SSSR count). The molecule has 0 heterocycles. The highest BCUT2D eigenvalue weighted by atomic mass is 19.3. The van der Waals surface area contributed by atoms with Gasteiger partial charge in [-0.15, -0.1) is 0 Å². The largest absolute Gasteiger partial charge is 0.432 e. The Bertz CT molecular complexity index is 361. The molecule has 0 aliphatic carbocycles. The smallest absolute Gasteiger partial charge is 0.387 e. The van der Waals surface area contributed by atoms with E-state index in [1.54, 1.807) is 7.11 Å². The zero-order valence-corrected chi connectivity index (χ0v) is 9.54. The number of hydrogen-bond acceptors (Lipinski definition) is 3. The number of ether oxygens (including phenoxy) is 2. The molecule has 6 heteroatoms. The summed E-state index contributed by atoms with van der Waals surface area (Å²) in [7, 11) is 1.55. The van der Waals surface area contributed by atoms with E-state index in [9.17, 15) is 13.2 Å². The Balaban J connectivity index is 2.68. The molecule has 17 heavy (non-hydrogen) atoms. The predicted octanol–water partition coefficient (Wildman–Crippen LogP) is 2.87. The number of rotatable bonds is 6. The van der Waals surface area contributed by atoms with Gasteiger partial charge in [-0.3, -0.25) is 0 Å². The van der Waals surface area contributed by atoms with E-state index >= 15 is 0 Å². The van der Waals surface area contributed by atoms with Crippen molar-refractivity contribution in [1.82, 2.24) is 0 Å². The van der Waals surface area contributed by atoms with Crippen LogP contribution in [0.25, 0.3) is 0 Å². The normalized spacial score (nSPS) is 12.6. The average molecular weight is 249 g/mol. The second-order valence-corrected chi connectivity index (χ2v) is 3.52. The van der Waals surface area contributed by atoms with Gasteiger partial charge in [-0.1, -0.05) is 0 Å². The highest BCUT2D eigenvalue weighted by molar-refractivity contribution is 5.47. The molecule has 0 aromatic heterocycles. The van der Waals surface area contributed by atoms with Crippen LogP contribution in [0, 0.1) is 5.82 Å². The molecule has 1 aromatic carbocycles. The van der Waals surface area contributed by atoms with Gasteiger partial charge in [-0.05, 0) is 19.1 Å². The lowest BCUT2D eigenvalue weighted by Gasteiger charge is -2.15. The van der Waals surface area contributed by atoms with Crippen LogP contribution in [0.2, 0.25) is 0 Å². The lowest BCUT2D eigenvalue weighted by molar-refractivity contribution is -0.0521. The van der Waals surface area contributed by atoms with Gasteiger partial charge < -0.3 is 14.8 Å². The van der Waals surface area contributed by atoms with Gasteiger partial charge in [-0.2, -0.15) is 8.78 Å².